The fourth-order valence-corrected chi connectivity index (χ4v) is 3.35. The minimum absolute atomic E-state index is 0.482. The first kappa shape index (κ1) is 20.4. The summed E-state index contributed by atoms with van der Waals surface area (Å²) >= 11 is 12.4. The van der Waals surface area contributed by atoms with Crippen LogP contribution in [-0.2, 0) is 11.2 Å². The number of nitrogens with zero attached hydrogens (tertiary/aromatic N) is 3. The molecule has 0 aliphatic heterocycles. The Labute approximate surface area is 173 Å². The maximum atomic E-state index is 12.3. The van der Waals surface area contributed by atoms with Gasteiger partial charge in [0.15, 0.2) is 5.65 Å². The van der Waals surface area contributed by atoms with E-state index in [-0.39, 0.29) is 0 Å². The highest BCUT2D eigenvalue weighted by atomic mass is 35.5. The fourth-order valence-electron chi connectivity index (χ4n) is 2.86. The number of halogens is 2. The van der Waals surface area contributed by atoms with Crippen molar-refractivity contribution in [3.63, 3.8) is 0 Å². The third-order valence-corrected chi connectivity index (χ3v) is 4.49. The lowest BCUT2D eigenvalue weighted by Gasteiger charge is -2.19. The molecule has 0 unspecified atom stereocenters. The predicted octanol–water partition coefficient (Wildman–Crippen LogP) is 5.92. The number of imidazole rings is 1. The van der Waals surface area contributed by atoms with E-state index >= 15 is 0 Å². The lowest BCUT2D eigenvalue weighted by molar-refractivity contribution is 0.0635. The number of hydrogen-bond donors (Lipinski definition) is 1. The van der Waals surface area contributed by atoms with E-state index in [1.54, 1.807) is 12.1 Å². The quantitative estimate of drug-likeness (QED) is 0.570. The van der Waals surface area contributed by atoms with Gasteiger partial charge in [-0.2, -0.15) is 0 Å². The lowest BCUT2D eigenvalue weighted by atomic mass is 10.1. The maximum Gasteiger partial charge on any atom is 0.413 e. The van der Waals surface area contributed by atoms with Gasteiger partial charge in [-0.15, -0.1) is 0 Å². The summed E-state index contributed by atoms with van der Waals surface area (Å²) in [7, 11) is 0. The van der Waals surface area contributed by atoms with Crippen molar-refractivity contribution in [3.05, 3.63) is 45.8 Å². The largest absolute Gasteiger partial charge is 0.444 e. The van der Waals surface area contributed by atoms with Crippen molar-refractivity contribution in [1.29, 1.82) is 0 Å². The van der Waals surface area contributed by atoms with Crippen LogP contribution in [0, 0.1) is 6.92 Å². The Bertz CT molecular complexity index is 1050. The number of carbonyl (C=O) groups is 1. The molecule has 0 bridgehead atoms. The van der Waals surface area contributed by atoms with Crippen molar-refractivity contribution in [2.24, 2.45) is 0 Å². The second kappa shape index (κ2) is 7.60. The molecule has 1 aromatic carbocycles. The van der Waals surface area contributed by atoms with Crippen LogP contribution in [0.15, 0.2) is 24.4 Å². The molecule has 8 heteroatoms. The predicted molar refractivity (Wildman–Crippen MR) is 112 cm³/mol. The van der Waals surface area contributed by atoms with Crippen molar-refractivity contribution in [2.75, 3.05) is 5.32 Å². The number of amides is 1. The molecule has 1 N–H and O–H groups in total. The van der Waals surface area contributed by atoms with Gasteiger partial charge in [0.25, 0.3) is 0 Å². The molecule has 0 saturated heterocycles. The van der Waals surface area contributed by atoms with Crippen molar-refractivity contribution >= 4 is 40.8 Å². The average Bonchev–Trinajstić information content (AvgIpc) is 2.90. The number of ether oxygens (including phenoxy) is 1. The molecule has 0 aliphatic carbocycles. The second-order valence-corrected chi connectivity index (χ2v) is 8.28. The summed E-state index contributed by atoms with van der Waals surface area (Å²) < 4.78 is 7.21. The highest BCUT2D eigenvalue weighted by Crippen LogP contribution is 2.33. The van der Waals surface area contributed by atoms with E-state index in [1.807, 2.05) is 51.3 Å². The molecule has 3 aromatic rings. The van der Waals surface area contributed by atoms with E-state index in [9.17, 15) is 4.79 Å². The molecular weight excluding hydrogens is 399 g/mol. The SMILES string of the molecule is CCc1nc2c(-c3ccc(Cl)cc3Cl)nc(C)cn2c1NC(=O)OC(C)(C)C. The Morgan fingerprint density at radius 3 is 2.57 bits per heavy atom. The van der Waals surface area contributed by atoms with Crippen LogP contribution >= 0.6 is 23.2 Å². The number of hydrogen-bond acceptors (Lipinski definition) is 4. The van der Waals surface area contributed by atoms with Crippen molar-refractivity contribution in [2.45, 2.75) is 46.6 Å². The van der Waals surface area contributed by atoms with Crippen LogP contribution < -0.4 is 5.32 Å². The van der Waals surface area contributed by atoms with Gasteiger partial charge in [0.2, 0.25) is 0 Å². The van der Waals surface area contributed by atoms with E-state index in [4.69, 9.17) is 32.9 Å². The van der Waals surface area contributed by atoms with Crippen molar-refractivity contribution in [1.82, 2.24) is 14.4 Å². The van der Waals surface area contributed by atoms with E-state index in [2.05, 4.69) is 10.3 Å². The van der Waals surface area contributed by atoms with Crippen LogP contribution in [0.5, 0.6) is 0 Å². The number of benzene rings is 1. The van der Waals surface area contributed by atoms with Crippen molar-refractivity contribution < 1.29 is 9.53 Å². The summed E-state index contributed by atoms with van der Waals surface area (Å²) in [5.74, 6) is 0.559. The van der Waals surface area contributed by atoms with E-state index in [0.29, 0.717) is 33.6 Å². The second-order valence-electron chi connectivity index (χ2n) is 7.44. The van der Waals surface area contributed by atoms with E-state index in [1.165, 1.54) is 0 Å². The summed E-state index contributed by atoms with van der Waals surface area (Å²) in [4.78, 5) is 21.7. The minimum atomic E-state index is -0.601. The average molecular weight is 421 g/mol. The number of aryl methyl sites for hydroxylation is 2. The highest BCUT2D eigenvalue weighted by molar-refractivity contribution is 6.36. The number of fused-ring (bicyclic) bond motifs is 1. The molecule has 3 rings (SSSR count). The van der Waals surface area contributed by atoms with Gasteiger partial charge < -0.3 is 4.74 Å². The first-order valence-corrected chi connectivity index (χ1v) is 9.68. The number of carbonyl (C=O) groups excluding carboxylic acids is 1. The molecule has 0 fully saturated rings. The Morgan fingerprint density at radius 1 is 1.25 bits per heavy atom. The molecular formula is C20H22Cl2N4O2. The van der Waals surface area contributed by atoms with Gasteiger partial charge in [-0.25, -0.2) is 14.8 Å². The van der Waals surface area contributed by atoms with E-state index < -0.39 is 11.7 Å². The molecule has 2 aromatic heterocycles. The topological polar surface area (TPSA) is 68.5 Å². The number of anilines is 1. The maximum absolute atomic E-state index is 12.3. The molecule has 6 nitrogen and oxygen atoms in total. The van der Waals surface area contributed by atoms with E-state index in [0.717, 1.165) is 17.0 Å². The Morgan fingerprint density at radius 2 is 1.96 bits per heavy atom. The summed E-state index contributed by atoms with van der Waals surface area (Å²) in [6.45, 7) is 9.29. The van der Waals surface area contributed by atoms with Crippen LogP contribution in [0.1, 0.15) is 39.1 Å². The summed E-state index contributed by atoms with van der Waals surface area (Å²) in [6.07, 6.45) is 1.91. The Hall–Kier alpha value is -2.31. The van der Waals surface area contributed by atoms with Crippen LogP contribution in [0.4, 0.5) is 10.6 Å². The molecule has 148 valence electrons. The highest BCUT2D eigenvalue weighted by Gasteiger charge is 2.22. The molecule has 2 heterocycles. The smallest absolute Gasteiger partial charge is 0.413 e. The van der Waals surface area contributed by atoms with Gasteiger partial charge in [0, 0.05) is 16.8 Å². The van der Waals surface area contributed by atoms with Gasteiger partial charge in [-0.05, 0) is 52.3 Å². The fraction of sp³-hybridized carbons (Fsp3) is 0.350. The Kier molecular flexibility index (Phi) is 5.55. The summed E-state index contributed by atoms with van der Waals surface area (Å²) in [6, 6.07) is 5.24. The third-order valence-electron chi connectivity index (χ3n) is 3.94. The zero-order chi connectivity index (χ0) is 20.6. The zero-order valence-electron chi connectivity index (χ0n) is 16.4. The molecule has 0 atom stereocenters. The van der Waals surface area contributed by atoms with Gasteiger partial charge in [-0.3, -0.25) is 9.72 Å². The molecule has 0 radical (unpaired) electrons. The summed E-state index contributed by atoms with van der Waals surface area (Å²) in [5.41, 5.74) is 2.81. The van der Waals surface area contributed by atoms with Crippen LogP contribution in [0.25, 0.3) is 16.9 Å². The first-order chi connectivity index (χ1) is 13.1. The zero-order valence-corrected chi connectivity index (χ0v) is 17.9. The van der Waals surface area contributed by atoms with Crippen LogP contribution in [-0.4, -0.2) is 26.1 Å². The first-order valence-electron chi connectivity index (χ1n) is 8.93. The number of aromatic nitrogens is 3. The Balaban J connectivity index is 2.17. The third kappa shape index (κ3) is 4.23. The standard InChI is InChI=1S/C20H22Cl2N4O2/c1-6-15-17(25-19(27)28-20(3,4)5)26-10-11(2)23-16(18(26)24-15)13-8-7-12(21)9-14(13)22/h7-10H,6H2,1-5H3,(H,25,27). The molecule has 28 heavy (non-hydrogen) atoms. The van der Waals surface area contributed by atoms with Crippen molar-refractivity contribution in [3.8, 4) is 11.3 Å². The van der Waals surface area contributed by atoms with Gasteiger partial charge >= 0.3 is 6.09 Å². The van der Waals surface area contributed by atoms with Gasteiger partial charge in [-0.1, -0.05) is 30.1 Å². The summed E-state index contributed by atoms with van der Waals surface area (Å²) in [5, 5.41) is 3.85. The molecule has 0 saturated carbocycles. The minimum Gasteiger partial charge on any atom is -0.444 e. The molecule has 0 aliphatic rings. The van der Waals surface area contributed by atoms with Gasteiger partial charge in [0.1, 0.15) is 17.1 Å². The number of rotatable bonds is 3. The van der Waals surface area contributed by atoms with Gasteiger partial charge in [0.05, 0.1) is 16.4 Å². The normalized spacial score (nSPS) is 11.7. The molecule has 0 spiro atoms. The monoisotopic (exact) mass is 420 g/mol. The molecule has 1 amide bonds. The van der Waals surface area contributed by atoms with Crippen LogP contribution in [0.3, 0.4) is 0 Å². The number of nitrogens with one attached hydrogen (secondary N) is 1. The van der Waals surface area contributed by atoms with Crippen LogP contribution in [0.2, 0.25) is 10.0 Å². The lowest BCUT2D eigenvalue weighted by Crippen LogP contribution is -2.28.